The maximum absolute atomic E-state index is 9.52. The molecule has 0 saturated heterocycles. The quantitative estimate of drug-likeness (QED) is 0.683. The summed E-state index contributed by atoms with van der Waals surface area (Å²) in [4.78, 5) is 1.97. The van der Waals surface area contributed by atoms with Crippen LogP contribution in [0, 0.1) is 0 Å². The van der Waals surface area contributed by atoms with Crippen molar-refractivity contribution in [1.29, 1.82) is 0 Å². The molecule has 1 atom stereocenters. The Bertz CT molecular complexity index is 297. The van der Waals surface area contributed by atoms with E-state index >= 15 is 0 Å². The normalized spacial score (nSPS) is 13.2. The van der Waals surface area contributed by atoms with Crippen LogP contribution in [0.4, 0.5) is 0 Å². The van der Waals surface area contributed by atoms with Gasteiger partial charge in [-0.05, 0) is 39.2 Å². The summed E-state index contributed by atoms with van der Waals surface area (Å²) >= 11 is 0. The van der Waals surface area contributed by atoms with E-state index in [-0.39, 0.29) is 17.5 Å². The summed E-state index contributed by atoms with van der Waals surface area (Å²) in [6, 6.07) is 4.65. The Kier molecular flexibility index (Phi) is 2.78. The molecule has 1 aromatic carbocycles. The second-order valence-corrected chi connectivity index (χ2v) is 3.38. The van der Waals surface area contributed by atoms with E-state index in [1.165, 1.54) is 12.1 Å². The van der Waals surface area contributed by atoms with E-state index in [1.807, 2.05) is 25.9 Å². The highest BCUT2D eigenvalue weighted by atomic mass is 16.3. The van der Waals surface area contributed by atoms with Crippen LogP contribution in [0.5, 0.6) is 11.5 Å². The van der Waals surface area contributed by atoms with E-state index in [9.17, 15) is 10.2 Å². The van der Waals surface area contributed by atoms with E-state index < -0.39 is 0 Å². The minimum atomic E-state index is 0.0899. The molecule has 0 saturated carbocycles. The molecule has 2 N–H and O–H groups in total. The second-order valence-electron chi connectivity index (χ2n) is 3.38. The third kappa shape index (κ3) is 2.12. The molecule has 3 nitrogen and oxygen atoms in total. The Morgan fingerprint density at radius 2 is 1.85 bits per heavy atom. The fourth-order valence-electron chi connectivity index (χ4n) is 1.15. The number of rotatable bonds is 2. The van der Waals surface area contributed by atoms with Gasteiger partial charge in [-0.3, -0.25) is 0 Å². The number of hydrogen-bond donors (Lipinski definition) is 2. The van der Waals surface area contributed by atoms with Crippen molar-refractivity contribution in [1.82, 2.24) is 4.90 Å². The number of nitrogens with zero attached hydrogens (tertiary/aromatic N) is 1. The minimum Gasteiger partial charge on any atom is -0.508 e. The summed E-state index contributed by atoms with van der Waals surface area (Å²) in [7, 11) is 3.85. The van der Waals surface area contributed by atoms with Gasteiger partial charge in [-0.2, -0.15) is 0 Å². The van der Waals surface area contributed by atoms with Gasteiger partial charge in [0.25, 0.3) is 0 Å². The van der Waals surface area contributed by atoms with Crippen LogP contribution in [0.25, 0.3) is 0 Å². The fraction of sp³-hybridized carbons (Fsp3) is 0.400. The largest absolute Gasteiger partial charge is 0.508 e. The number of phenols is 2. The zero-order chi connectivity index (χ0) is 10.0. The number of benzene rings is 1. The summed E-state index contributed by atoms with van der Waals surface area (Å²) in [5.74, 6) is 0.403. The molecule has 1 rings (SSSR count). The first-order valence-electron chi connectivity index (χ1n) is 4.20. The molecular weight excluding hydrogens is 166 g/mol. The van der Waals surface area contributed by atoms with Gasteiger partial charge in [0, 0.05) is 11.6 Å². The van der Waals surface area contributed by atoms with E-state index in [0.29, 0.717) is 0 Å². The van der Waals surface area contributed by atoms with Crippen molar-refractivity contribution in [2.45, 2.75) is 13.0 Å². The topological polar surface area (TPSA) is 43.7 Å². The molecular formula is C10H15NO2. The van der Waals surface area contributed by atoms with Crippen LogP contribution in [0.1, 0.15) is 18.5 Å². The minimum absolute atomic E-state index is 0.0899. The Morgan fingerprint density at radius 3 is 2.38 bits per heavy atom. The van der Waals surface area contributed by atoms with Crippen molar-refractivity contribution in [3.05, 3.63) is 23.8 Å². The average Bonchev–Trinajstić information content (AvgIpc) is 2.08. The van der Waals surface area contributed by atoms with Crippen molar-refractivity contribution < 1.29 is 10.2 Å². The lowest BCUT2D eigenvalue weighted by molar-refractivity contribution is 0.310. The molecule has 0 aromatic heterocycles. The second kappa shape index (κ2) is 3.66. The number of aromatic hydroxyl groups is 2. The van der Waals surface area contributed by atoms with Crippen LogP contribution < -0.4 is 0 Å². The standard InChI is InChI=1S/C10H15NO2/c1-7(11(2)3)9-6-8(12)4-5-10(9)13/h4-7,12-13H,1-3H3. The molecule has 0 heterocycles. The molecule has 0 aliphatic rings. The van der Waals surface area contributed by atoms with Gasteiger partial charge in [0.15, 0.2) is 0 Å². The highest BCUT2D eigenvalue weighted by molar-refractivity contribution is 5.40. The van der Waals surface area contributed by atoms with Gasteiger partial charge in [-0.15, -0.1) is 0 Å². The highest BCUT2D eigenvalue weighted by Gasteiger charge is 2.12. The van der Waals surface area contributed by atoms with Gasteiger partial charge in [0.2, 0.25) is 0 Å². The first kappa shape index (κ1) is 9.86. The lowest BCUT2D eigenvalue weighted by Crippen LogP contribution is -2.16. The van der Waals surface area contributed by atoms with Gasteiger partial charge in [0.1, 0.15) is 11.5 Å². The molecule has 0 aliphatic carbocycles. The van der Waals surface area contributed by atoms with Crippen molar-refractivity contribution in [2.24, 2.45) is 0 Å². The van der Waals surface area contributed by atoms with E-state index in [2.05, 4.69) is 0 Å². The summed E-state index contributed by atoms with van der Waals surface area (Å²) in [5.41, 5.74) is 0.741. The third-order valence-corrected chi connectivity index (χ3v) is 2.24. The van der Waals surface area contributed by atoms with Crippen LogP contribution in [-0.4, -0.2) is 29.2 Å². The van der Waals surface area contributed by atoms with Gasteiger partial charge >= 0.3 is 0 Å². The van der Waals surface area contributed by atoms with Crippen molar-refractivity contribution >= 4 is 0 Å². The molecule has 0 bridgehead atoms. The molecule has 0 radical (unpaired) electrons. The van der Waals surface area contributed by atoms with E-state index in [1.54, 1.807) is 6.07 Å². The average molecular weight is 181 g/mol. The summed E-state index contributed by atoms with van der Waals surface area (Å²) in [6.45, 7) is 1.97. The van der Waals surface area contributed by atoms with Crippen molar-refractivity contribution in [3.63, 3.8) is 0 Å². The Morgan fingerprint density at radius 1 is 1.23 bits per heavy atom. The number of hydrogen-bond acceptors (Lipinski definition) is 3. The molecule has 72 valence electrons. The molecule has 3 heteroatoms. The molecule has 0 spiro atoms. The third-order valence-electron chi connectivity index (χ3n) is 2.24. The predicted molar refractivity (Wildman–Crippen MR) is 51.9 cm³/mol. The predicted octanol–water partition coefficient (Wildman–Crippen LogP) is 1.72. The first-order valence-corrected chi connectivity index (χ1v) is 4.20. The number of phenolic OH excluding ortho intramolecular Hbond substituents is 2. The fourth-order valence-corrected chi connectivity index (χ4v) is 1.15. The maximum Gasteiger partial charge on any atom is 0.120 e. The van der Waals surface area contributed by atoms with Crippen LogP contribution in [0.3, 0.4) is 0 Å². The first-order chi connectivity index (χ1) is 6.02. The SMILES string of the molecule is CC(c1cc(O)ccc1O)N(C)C. The van der Waals surface area contributed by atoms with Gasteiger partial charge in [0.05, 0.1) is 0 Å². The molecule has 0 aliphatic heterocycles. The molecule has 1 unspecified atom stereocenters. The van der Waals surface area contributed by atoms with Crippen LogP contribution in [0.2, 0.25) is 0 Å². The Balaban J connectivity index is 3.05. The zero-order valence-corrected chi connectivity index (χ0v) is 8.15. The van der Waals surface area contributed by atoms with Gasteiger partial charge in [-0.25, -0.2) is 0 Å². The summed E-state index contributed by atoms with van der Waals surface area (Å²) in [5, 5.41) is 18.8. The van der Waals surface area contributed by atoms with Gasteiger partial charge in [-0.1, -0.05) is 0 Å². The van der Waals surface area contributed by atoms with E-state index in [0.717, 1.165) is 5.56 Å². The smallest absolute Gasteiger partial charge is 0.120 e. The molecule has 0 fully saturated rings. The van der Waals surface area contributed by atoms with Gasteiger partial charge < -0.3 is 15.1 Å². The van der Waals surface area contributed by atoms with Crippen molar-refractivity contribution in [2.75, 3.05) is 14.1 Å². The Hall–Kier alpha value is -1.22. The summed E-state index contributed by atoms with van der Waals surface area (Å²) < 4.78 is 0. The zero-order valence-electron chi connectivity index (χ0n) is 8.15. The van der Waals surface area contributed by atoms with Crippen molar-refractivity contribution in [3.8, 4) is 11.5 Å². The highest BCUT2D eigenvalue weighted by Crippen LogP contribution is 2.29. The maximum atomic E-state index is 9.52. The summed E-state index contributed by atoms with van der Waals surface area (Å²) in [6.07, 6.45) is 0. The van der Waals surface area contributed by atoms with Crippen LogP contribution in [0.15, 0.2) is 18.2 Å². The Labute approximate surface area is 78.2 Å². The van der Waals surface area contributed by atoms with E-state index in [4.69, 9.17) is 0 Å². The molecule has 0 amide bonds. The monoisotopic (exact) mass is 181 g/mol. The van der Waals surface area contributed by atoms with Crippen LogP contribution in [-0.2, 0) is 0 Å². The molecule has 13 heavy (non-hydrogen) atoms. The lowest BCUT2D eigenvalue weighted by atomic mass is 10.1. The lowest BCUT2D eigenvalue weighted by Gasteiger charge is -2.21. The van der Waals surface area contributed by atoms with Crippen LogP contribution >= 0.6 is 0 Å². The molecule has 1 aromatic rings.